The summed E-state index contributed by atoms with van der Waals surface area (Å²) in [6, 6.07) is -1.08. The zero-order chi connectivity index (χ0) is 11.9. The Morgan fingerprint density at radius 3 is 2.39 bits per heavy atom. The van der Waals surface area contributed by atoms with Gasteiger partial charge in [0.1, 0.15) is 0 Å². The Labute approximate surface area is 152 Å². The molecule has 6 nitrogen and oxygen atoms in total. The molecule has 2 fully saturated rings. The van der Waals surface area contributed by atoms with E-state index in [0.29, 0.717) is 6.42 Å². The number of carboxylic acids is 2. The molecule has 0 aliphatic carbocycles. The molecule has 2 unspecified atom stereocenters. The molecule has 0 radical (unpaired) electrons. The van der Waals surface area contributed by atoms with Crippen LogP contribution in [0.4, 0.5) is 0 Å². The molecular formula is C9H7NNa2O5S. The average molecular weight is 287 g/mol. The van der Waals surface area contributed by atoms with Gasteiger partial charge in [0.25, 0.3) is 0 Å². The second kappa shape index (κ2) is 7.33. The fraction of sp³-hybridized carbons (Fsp3) is 0.444. The van der Waals surface area contributed by atoms with Crippen LogP contribution in [0.25, 0.3) is 0 Å². The van der Waals surface area contributed by atoms with Crippen LogP contribution in [0, 0.1) is 0 Å². The molecule has 0 spiro atoms. The van der Waals surface area contributed by atoms with Crippen LogP contribution in [0.15, 0.2) is 12.2 Å². The molecule has 18 heavy (non-hydrogen) atoms. The number of nitrogens with zero attached hydrogens (tertiary/aromatic N) is 1. The van der Waals surface area contributed by atoms with Crippen molar-refractivity contribution in [2.45, 2.75) is 23.1 Å². The molecule has 2 heterocycles. The number of carboxylic acid groups (broad SMARTS) is 2. The maximum atomic E-state index is 11.2. The molecule has 3 atom stereocenters. The van der Waals surface area contributed by atoms with E-state index in [4.69, 9.17) is 0 Å². The summed E-state index contributed by atoms with van der Waals surface area (Å²) in [6.07, 6.45) is 2.31. The molecule has 0 aromatic heterocycles. The Balaban J connectivity index is 0.00000144. The van der Waals surface area contributed by atoms with Crippen molar-refractivity contribution in [3.05, 3.63) is 12.2 Å². The number of carbonyl (C=O) groups is 3. The summed E-state index contributed by atoms with van der Waals surface area (Å²) in [5, 5.41) is 20.3. The summed E-state index contributed by atoms with van der Waals surface area (Å²) in [7, 11) is 0. The van der Waals surface area contributed by atoms with Crippen molar-refractivity contribution in [2.75, 3.05) is 0 Å². The first-order chi connectivity index (χ1) is 7.50. The Morgan fingerprint density at radius 1 is 1.33 bits per heavy atom. The van der Waals surface area contributed by atoms with Crippen LogP contribution in [0.5, 0.6) is 0 Å². The van der Waals surface area contributed by atoms with Gasteiger partial charge in [-0.3, -0.25) is 4.79 Å². The van der Waals surface area contributed by atoms with Gasteiger partial charge in [0, 0.05) is 0 Å². The quantitative estimate of drug-likeness (QED) is 0.290. The molecule has 2 aliphatic rings. The van der Waals surface area contributed by atoms with E-state index in [2.05, 4.69) is 0 Å². The summed E-state index contributed by atoms with van der Waals surface area (Å²) >= 11 is 1.25. The van der Waals surface area contributed by atoms with Gasteiger partial charge in [-0.25, -0.2) is 0 Å². The summed E-state index contributed by atoms with van der Waals surface area (Å²) < 4.78 is 0. The molecule has 9 heteroatoms. The van der Waals surface area contributed by atoms with Crippen molar-refractivity contribution in [3.8, 4) is 0 Å². The molecular weight excluding hydrogens is 280 g/mol. The van der Waals surface area contributed by atoms with Crippen LogP contribution in [0.3, 0.4) is 0 Å². The van der Waals surface area contributed by atoms with Crippen LogP contribution < -0.4 is 69.3 Å². The smallest absolute Gasteiger partial charge is 0.548 e. The largest absolute Gasteiger partial charge is 1.00 e. The van der Waals surface area contributed by atoms with E-state index in [1.54, 1.807) is 0 Å². The molecule has 0 aromatic carbocycles. The summed E-state index contributed by atoms with van der Waals surface area (Å²) in [6.45, 7) is 0. The summed E-state index contributed by atoms with van der Waals surface area (Å²) in [5.74, 6) is -3.00. The van der Waals surface area contributed by atoms with Crippen molar-refractivity contribution in [3.63, 3.8) is 0 Å². The van der Waals surface area contributed by atoms with Crippen LogP contribution in [0.1, 0.15) is 6.42 Å². The second-order valence-corrected chi connectivity index (χ2v) is 4.86. The van der Waals surface area contributed by atoms with Gasteiger partial charge < -0.3 is 24.7 Å². The van der Waals surface area contributed by atoms with Crippen LogP contribution in [0.2, 0.25) is 0 Å². The first kappa shape index (κ1) is 18.5. The van der Waals surface area contributed by atoms with E-state index in [1.165, 1.54) is 22.7 Å². The fourth-order valence-electron chi connectivity index (χ4n) is 1.84. The average Bonchev–Trinajstić information content (AvgIpc) is 2.47. The molecule has 2 aliphatic heterocycles. The zero-order valence-corrected chi connectivity index (χ0v) is 14.8. The first-order valence-electron chi connectivity index (χ1n) is 4.57. The minimum Gasteiger partial charge on any atom is -0.548 e. The van der Waals surface area contributed by atoms with Crippen LogP contribution >= 0.6 is 11.8 Å². The summed E-state index contributed by atoms with van der Waals surface area (Å²) in [5.41, 5.74) is 0. The first-order valence-corrected chi connectivity index (χ1v) is 5.51. The van der Waals surface area contributed by atoms with Crippen molar-refractivity contribution in [2.24, 2.45) is 0 Å². The van der Waals surface area contributed by atoms with E-state index in [9.17, 15) is 24.6 Å². The number of β-lactam (4-membered cyclic amide) rings is 1. The van der Waals surface area contributed by atoms with E-state index in [-0.39, 0.29) is 70.4 Å². The number of thioether (sulfide) groups is 1. The maximum absolute atomic E-state index is 11.2. The topological polar surface area (TPSA) is 101 Å². The molecule has 0 saturated carbocycles. The predicted molar refractivity (Wildman–Crippen MR) is 49.6 cm³/mol. The van der Waals surface area contributed by atoms with Gasteiger partial charge in [0.2, 0.25) is 5.91 Å². The minimum atomic E-state index is -1.39. The molecule has 0 aromatic rings. The number of rotatable bonds is 3. The van der Waals surface area contributed by atoms with E-state index < -0.39 is 23.2 Å². The molecule has 2 saturated heterocycles. The van der Waals surface area contributed by atoms with Gasteiger partial charge in [-0.2, -0.15) is 0 Å². The Morgan fingerprint density at radius 2 is 1.94 bits per heavy atom. The molecule has 0 N–H and O–H groups in total. The fourth-order valence-corrected chi connectivity index (χ4v) is 3.38. The Hall–Kier alpha value is 0.500. The van der Waals surface area contributed by atoms with Crippen LogP contribution in [-0.2, 0) is 14.4 Å². The van der Waals surface area contributed by atoms with E-state index in [0.717, 1.165) is 6.08 Å². The van der Waals surface area contributed by atoms with Crippen molar-refractivity contribution in [1.82, 2.24) is 4.90 Å². The maximum Gasteiger partial charge on any atom is 1.00 e. The molecule has 86 valence electrons. The van der Waals surface area contributed by atoms with E-state index >= 15 is 0 Å². The number of hydrogen-bond donors (Lipinski definition) is 0. The Bertz CT molecular complexity index is 402. The minimum absolute atomic E-state index is 0. The third-order valence-corrected chi connectivity index (χ3v) is 3.97. The number of carbonyl (C=O) groups excluding carboxylic acids is 3. The number of aliphatic carboxylic acids is 2. The monoisotopic (exact) mass is 287 g/mol. The van der Waals surface area contributed by atoms with Gasteiger partial charge >= 0.3 is 59.1 Å². The third kappa shape index (κ3) is 3.53. The van der Waals surface area contributed by atoms with Crippen molar-refractivity contribution < 1.29 is 83.7 Å². The van der Waals surface area contributed by atoms with Gasteiger partial charge in [-0.15, -0.1) is 11.8 Å². The molecule has 0 bridgehead atoms. The summed E-state index contributed by atoms with van der Waals surface area (Å²) in [4.78, 5) is 33.5. The van der Waals surface area contributed by atoms with Gasteiger partial charge in [0.15, 0.2) is 0 Å². The predicted octanol–water partition coefficient (Wildman–Crippen LogP) is -8.91. The standard InChI is InChI=1S/C9H9NO5S.2Na/c11-5-3-6-10(5)8(9(14)15)4(16-6)1-2-7(12)13;;/h1-2,4,6,8H,3H2,(H,12,13)(H,14,15);;/q;2*+1/p-2/t4?,6-,8?;;/m0../s1. The molecule has 2 rings (SSSR count). The second-order valence-electron chi connectivity index (χ2n) is 3.50. The zero-order valence-electron chi connectivity index (χ0n) is 9.99. The SMILES string of the molecule is O=C([O-])C=CC1S[C@H]2CC(=O)N2C1C(=O)[O-].[Na+].[Na+]. The normalized spacial score (nSPS) is 29.0. The third-order valence-electron chi connectivity index (χ3n) is 2.54. The molecule has 1 amide bonds. The number of fused-ring (bicyclic) bond motifs is 1. The van der Waals surface area contributed by atoms with Gasteiger partial charge in [-0.1, -0.05) is 6.08 Å². The van der Waals surface area contributed by atoms with Gasteiger partial charge in [-0.05, 0) is 6.08 Å². The van der Waals surface area contributed by atoms with E-state index in [1.807, 2.05) is 0 Å². The van der Waals surface area contributed by atoms with Crippen LogP contribution in [-0.4, -0.2) is 39.4 Å². The number of amides is 1. The number of hydrogen-bond acceptors (Lipinski definition) is 6. The van der Waals surface area contributed by atoms with Crippen molar-refractivity contribution in [1.29, 1.82) is 0 Å². The Kier molecular flexibility index (Phi) is 7.53. The van der Waals surface area contributed by atoms with Gasteiger partial charge in [0.05, 0.1) is 35.0 Å². The van der Waals surface area contributed by atoms with Crippen molar-refractivity contribution >= 4 is 29.6 Å².